The quantitative estimate of drug-likeness (QED) is 0.724. The van der Waals surface area contributed by atoms with Gasteiger partial charge in [0.2, 0.25) is 0 Å². The maximum atomic E-state index is 13.1. The van der Waals surface area contributed by atoms with Gasteiger partial charge < -0.3 is 19.5 Å². The molecule has 2 aromatic carbocycles. The highest BCUT2D eigenvalue weighted by Crippen LogP contribution is 2.36. The molecule has 2 aromatic rings. The number of anilines is 1. The molecule has 1 N–H and O–H groups in total. The minimum absolute atomic E-state index is 0.223. The number of ether oxygens (including phenoxy) is 3. The van der Waals surface area contributed by atoms with Crippen molar-refractivity contribution in [2.24, 2.45) is 0 Å². The summed E-state index contributed by atoms with van der Waals surface area (Å²) >= 11 is 0. The Balaban J connectivity index is 2.10. The van der Waals surface area contributed by atoms with Crippen molar-refractivity contribution in [1.82, 2.24) is 4.90 Å². The second-order valence-electron chi connectivity index (χ2n) is 6.75. The molecule has 2 amide bonds. The largest absolute Gasteiger partial charge is 0.497 e. The van der Waals surface area contributed by atoms with Crippen LogP contribution in [0, 0.1) is 0 Å². The molecular weight excluding hydrogens is 372 g/mol. The van der Waals surface area contributed by atoms with Crippen molar-refractivity contribution in [3.8, 4) is 17.2 Å². The van der Waals surface area contributed by atoms with Gasteiger partial charge in [0.15, 0.2) is 11.5 Å². The molecule has 0 unspecified atom stereocenters. The van der Waals surface area contributed by atoms with E-state index < -0.39 is 0 Å². The van der Waals surface area contributed by atoms with Crippen LogP contribution in [0.15, 0.2) is 48.2 Å². The van der Waals surface area contributed by atoms with E-state index in [1.54, 1.807) is 63.4 Å². The van der Waals surface area contributed by atoms with Gasteiger partial charge in [-0.05, 0) is 55.8 Å². The summed E-state index contributed by atoms with van der Waals surface area (Å²) in [5.74, 6) is 0.990. The predicted molar refractivity (Wildman–Crippen MR) is 110 cm³/mol. The van der Waals surface area contributed by atoms with Crippen molar-refractivity contribution in [2.45, 2.75) is 19.9 Å². The van der Waals surface area contributed by atoms with Gasteiger partial charge in [0.25, 0.3) is 11.8 Å². The number of amides is 2. The molecule has 3 rings (SSSR count). The zero-order valence-electron chi connectivity index (χ0n) is 17.1. The standard InChI is InChI=1S/C22H24N2O5/c1-13(2)24-21(25)19(14-6-11-17(28-4)18(12-14)29-5)20(22(24)26)23-15-7-9-16(27-3)10-8-15/h6-13,23H,1-5H3. The number of benzene rings is 2. The van der Waals surface area contributed by atoms with Gasteiger partial charge in [0.05, 0.1) is 26.9 Å². The molecule has 0 aliphatic carbocycles. The molecule has 1 heterocycles. The van der Waals surface area contributed by atoms with Gasteiger partial charge >= 0.3 is 0 Å². The Morgan fingerprint density at radius 3 is 2.03 bits per heavy atom. The second-order valence-corrected chi connectivity index (χ2v) is 6.75. The first-order valence-electron chi connectivity index (χ1n) is 9.16. The summed E-state index contributed by atoms with van der Waals surface area (Å²) in [5, 5.41) is 3.11. The Hall–Kier alpha value is -3.48. The Morgan fingerprint density at radius 2 is 1.48 bits per heavy atom. The lowest BCUT2D eigenvalue weighted by Crippen LogP contribution is -2.38. The fourth-order valence-corrected chi connectivity index (χ4v) is 3.21. The van der Waals surface area contributed by atoms with E-state index in [-0.39, 0.29) is 23.6 Å². The maximum absolute atomic E-state index is 13.1. The van der Waals surface area contributed by atoms with Crippen LogP contribution in [0.2, 0.25) is 0 Å². The molecular formula is C22H24N2O5. The lowest BCUT2D eigenvalue weighted by Gasteiger charge is -2.19. The zero-order valence-corrected chi connectivity index (χ0v) is 17.1. The summed E-state index contributed by atoms with van der Waals surface area (Å²) in [6.07, 6.45) is 0. The molecule has 0 radical (unpaired) electrons. The first-order chi connectivity index (χ1) is 13.9. The smallest absolute Gasteiger partial charge is 0.278 e. The van der Waals surface area contributed by atoms with Gasteiger partial charge in [-0.1, -0.05) is 6.07 Å². The number of carbonyl (C=O) groups excluding carboxylic acids is 2. The van der Waals surface area contributed by atoms with E-state index in [1.165, 1.54) is 19.1 Å². The summed E-state index contributed by atoms with van der Waals surface area (Å²) in [4.78, 5) is 27.4. The van der Waals surface area contributed by atoms with Crippen LogP contribution in [0.5, 0.6) is 17.2 Å². The van der Waals surface area contributed by atoms with Crippen LogP contribution in [0.25, 0.3) is 5.57 Å². The number of hydrogen-bond acceptors (Lipinski definition) is 6. The molecule has 0 spiro atoms. The van der Waals surface area contributed by atoms with Crippen LogP contribution < -0.4 is 19.5 Å². The first kappa shape index (κ1) is 20.3. The first-order valence-corrected chi connectivity index (χ1v) is 9.16. The van der Waals surface area contributed by atoms with Crippen LogP contribution >= 0.6 is 0 Å². The Bertz CT molecular complexity index is 964. The van der Waals surface area contributed by atoms with E-state index in [4.69, 9.17) is 14.2 Å². The highest BCUT2D eigenvalue weighted by Gasteiger charge is 2.40. The van der Waals surface area contributed by atoms with E-state index in [9.17, 15) is 9.59 Å². The average molecular weight is 396 g/mol. The number of imide groups is 1. The van der Waals surface area contributed by atoms with Gasteiger partial charge in [-0.2, -0.15) is 0 Å². The molecule has 0 fully saturated rings. The molecule has 0 saturated heterocycles. The normalized spacial score (nSPS) is 13.9. The van der Waals surface area contributed by atoms with Crippen LogP contribution in [0.4, 0.5) is 5.69 Å². The second kappa shape index (κ2) is 8.26. The van der Waals surface area contributed by atoms with E-state index in [2.05, 4.69) is 5.32 Å². The van der Waals surface area contributed by atoms with Gasteiger partial charge in [0.1, 0.15) is 11.4 Å². The minimum atomic E-state index is -0.370. The predicted octanol–water partition coefficient (Wildman–Crippen LogP) is 3.31. The third-order valence-corrected chi connectivity index (χ3v) is 4.66. The summed E-state index contributed by atoms with van der Waals surface area (Å²) < 4.78 is 15.8. The van der Waals surface area contributed by atoms with Crippen LogP contribution in [0.1, 0.15) is 19.4 Å². The van der Waals surface area contributed by atoms with Gasteiger partial charge in [0, 0.05) is 11.7 Å². The summed E-state index contributed by atoms with van der Waals surface area (Å²) in [6, 6.07) is 12.0. The Labute approximate surface area is 169 Å². The molecule has 0 bridgehead atoms. The molecule has 29 heavy (non-hydrogen) atoms. The van der Waals surface area contributed by atoms with Crippen molar-refractivity contribution < 1.29 is 23.8 Å². The van der Waals surface area contributed by atoms with E-state index in [0.717, 1.165) is 0 Å². The van der Waals surface area contributed by atoms with Crippen LogP contribution in [-0.4, -0.2) is 44.1 Å². The SMILES string of the molecule is COc1ccc(NC2=C(c3ccc(OC)c(OC)c3)C(=O)N(C(C)C)C2=O)cc1. The minimum Gasteiger partial charge on any atom is -0.497 e. The molecule has 0 aromatic heterocycles. The number of nitrogens with one attached hydrogen (secondary N) is 1. The van der Waals surface area contributed by atoms with Crippen molar-refractivity contribution in [3.05, 3.63) is 53.7 Å². The van der Waals surface area contributed by atoms with Gasteiger partial charge in [-0.25, -0.2) is 0 Å². The van der Waals surface area contributed by atoms with E-state index in [1.807, 2.05) is 0 Å². The number of nitrogens with zero attached hydrogens (tertiary/aromatic N) is 1. The fraction of sp³-hybridized carbons (Fsp3) is 0.273. The molecule has 7 nitrogen and oxygen atoms in total. The highest BCUT2D eigenvalue weighted by molar-refractivity contribution is 6.36. The molecule has 1 aliphatic rings. The summed E-state index contributed by atoms with van der Waals surface area (Å²) in [6.45, 7) is 3.61. The topological polar surface area (TPSA) is 77.1 Å². The maximum Gasteiger partial charge on any atom is 0.278 e. The number of rotatable bonds is 7. The molecule has 7 heteroatoms. The lowest BCUT2D eigenvalue weighted by molar-refractivity contribution is -0.138. The van der Waals surface area contributed by atoms with Crippen molar-refractivity contribution in [1.29, 1.82) is 0 Å². The lowest BCUT2D eigenvalue weighted by atomic mass is 10.0. The molecule has 1 aliphatic heterocycles. The van der Waals surface area contributed by atoms with Crippen LogP contribution in [0.3, 0.4) is 0 Å². The monoisotopic (exact) mass is 396 g/mol. The van der Waals surface area contributed by atoms with Crippen molar-refractivity contribution in [3.63, 3.8) is 0 Å². The average Bonchev–Trinajstić information content (AvgIpc) is 2.97. The Kier molecular flexibility index (Phi) is 5.77. The summed E-state index contributed by atoms with van der Waals surface area (Å²) in [5.41, 5.74) is 1.76. The molecule has 152 valence electrons. The highest BCUT2D eigenvalue weighted by atomic mass is 16.5. The zero-order chi connectivity index (χ0) is 21.1. The molecule has 0 saturated carbocycles. The number of hydrogen-bond donors (Lipinski definition) is 1. The molecule has 0 atom stereocenters. The number of methoxy groups -OCH3 is 3. The van der Waals surface area contributed by atoms with E-state index in [0.29, 0.717) is 34.1 Å². The third-order valence-electron chi connectivity index (χ3n) is 4.66. The fourth-order valence-electron chi connectivity index (χ4n) is 3.21. The van der Waals surface area contributed by atoms with Gasteiger partial charge in [-0.3, -0.25) is 14.5 Å². The van der Waals surface area contributed by atoms with Crippen molar-refractivity contribution >= 4 is 23.1 Å². The Morgan fingerprint density at radius 1 is 0.828 bits per heavy atom. The third kappa shape index (κ3) is 3.76. The van der Waals surface area contributed by atoms with Crippen molar-refractivity contribution in [2.75, 3.05) is 26.6 Å². The number of carbonyl (C=O) groups is 2. The van der Waals surface area contributed by atoms with Crippen LogP contribution in [-0.2, 0) is 9.59 Å². The summed E-state index contributed by atoms with van der Waals surface area (Å²) in [7, 11) is 4.65. The van der Waals surface area contributed by atoms with Gasteiger partial charge in [-0.15, -0.1) is 0 Å². The van der Waals surface area contributed by atoms with E-state index >= 15 is 0 Å².